The molecular weight excluding hydrogens is 308 g/mol. The van der Waals surface area contributed by atoms with Crippen LogP contribution in [0.3, 0.4) is 0 Å². The van der Waals surface area contributed by atoms with Crippen molar-refractivity contribution in [3.8, 4) is 5.75 Å². The predicted octanol–water partition coefficient (Wildman–Crippen LogP) is 2.11. The number of oxazole rings is 1. The summed E-state index contributed by atoms with van der Waals surface area (Å²) < 4.78 is 11.8. The van der Waals surface area contributed by atoms with Crippen LogP contribution in [0.2, 0.25) is 0 Å². The maximum absolute atomic E-state index is 12.3. The summed E-state index contributed by atoms with van der Waals surface area (Å²) in [4.78, 5) is 23.7. The Labute approximate surface area is 138 Å². The van der Waals surface area contributed by atoms with E-state index in [1.54, 1.807) is 32.4 Å². The smallest absolute Gasteiger partial charge is 0.419 e. The van der Waals surface area contributed by atoms with Gasteiger partial charge in [-0.05, 0) is 36.2 Å². The van der Waals surface area contributed by atoms with Crippen LogP contribution in [0.5, 0.6) is 5.75 Å². The molecular formula is C18H18N2O4. The molecule has 6 nitrogen and oxygen atoms in total. The van der Waals surface area contributed by atoms with Gasteiger partial charge in [-0.1, -0.05) is 18.2 Å². The summed E-state index contributed by atoms with van der Waals surface area (Å²) in [6.07, 6.45) is 0.665. The van der Waals surface area contributed by atoms with Gasteiger partial charge in [-0.25, -0.2) is 4.79 Å². The van der Waals surface area contributed by atoms with E-state index in [0.29, 0.717) is 29.6 Å². The van der Waals surface area contributed by atoms with E-state index in [1.807, 2.05) is 24.3 Å². The Morgan fingerprint density at radius 1 is 1.25 bits per heavy atom. The summed E-state index contributed by atoms with van der Waals surface area (Å²) in [5.41, 5.74) is 2.55. The molecule has 1 heterocycles. The number of fused-ring (bicyclic) bond motifs is 1. The first-order valence-corrected chi connectivity index (χ1v) is 7.60. The lowest BCUT2D eigenvalue weighted by atomic mass is 10.1. The second kappa shape index (κ2) is 6.62. The molecule has 0 saturated heterocycles. The van der Waals surface area contributed by atoms with Crippen LogP contribution < -0.4 is 15.8 Å². The fraction of sp³-hybridized carbons (Fsp3) is 0.222. The first kappa shape index (κ1) is 15.9. The highest BCUT2D eigenvalue weighted by Crippen LogP contribution is 2.17. The molecule has 0 atom stereocenters. The number of benzene rings is 2. The van der Waals surface area contributed by atoms with E-state index in [0.717, 1.165) is 11.3 Å². The van der Waals surface area contributed by atoms with E-state index in [4.69, 9.17) is 9.15 Å². The van der Waals surface area contributed by atoms with Crippen molar-refractivity contribution in [2.75, 3.05) is 13.7 Å². The molecule has 0 bridgehead atoms. The number of hydrogen-bond acceptors (Lipinski definition) is 4. The predicted molar refractivity (Wildman–Crippen MR) is 90.5 cm³/mol. The molecule has 1 aromatic heterocycles. The number of aryl methyl sites for hydroxylation is 1. The molecule has 3 aromatic rings. The Kier molecular flexibility index (Phi) is 4.37. The third-order valence-electron chi connectivity index (χ3n) is 3.93. The Morgan fingerprint density at radius 3 is 2.83 bits per heavy atom. The van der Waals surface area contributed by atoms with Gasteiger partial charge in [0.15, 0.2) is 5.58 Å². The minimum Gasteiger partial charge on any atom is -0.496 e. The first-order chi connectivity index (χ1) is 11.6. The van der Waals surface area contributed by atoms with Crippen molar-refractivity contribution >= 4 is 17.0 Å². The minimum absolute atomic E-state index is 0.210. The molecule has 0 unspecified atom stereocenters. The number of carbonyl (C=O) groups is 1. The second-order valence-corrected chi connectivity index (χ2v) is 5.43. The summed E-state index contributed by atoms with van der Waals surface area (Å²) in [7, 11) is 3.25. The Balaban J connectivity index is 1.68. The van der Waals surface area contributed by atoms with Gasteiger partial charge >= 0.3 is 5.76 Å². The number of nitrogens with one attached hydrogen (secondary N) is 1. The van der Waals surface area contributed by atoms with E-state index >= 15 is 0 Å². The standard InChI is InChI=1S/C18H18N2O4/c1-20-14-8-7-13(11-16(14)24-18(20)22)17(21)19-10-9-12-5-3-4-6-15(12)23-2/h3-8,11H,9-10H2,1-2H3,(H,19,21). The summed E-state index contributed by atoms with van der Waals surface area (Å²) in [6, 6.07) is 12.7. The molecule has 3 rings (SSSR count). The molecule has 2 aromatic carbocycles. The largest absolute Gasteiger partial charge is 0.496 e. The van der Waals surface area contributed by atoms with Crippen molar-refractivity contribution in [2.24, 2.45) is 7.05 Å². The summed E-state index contributed by atoms with van der Waals surface area (Å²) in [6.45, 7) is 0.482. The Bertz CT molecular complexity index is 940. The molecule has 0 saturated carbocycles. The number of ether oxygens (including phenoxy) is 1. The highest BCUT2D eigenvalue weighted by Gasteiger charge is 2.11. The lowest BCUT2D eigenvalue weighted by molar-refractivity contribution is 0.0954. The number of amides is 1. The van der Waals surface area contributed by atoms with E-state index in [1.165, 1.54) is 4.57 Å². The highest BCUT2D eigenvalue weighted by atomic mass is 16.5. The average molecular weight is 326 g/mol. The number of methoxy groups -OCH3 is 1. The van der Waals surface area contributed by atoms with E-state index < -0.39 is 5.76 Å². The van der Waals surface area contributed by atoms with Crippen molar-refractivity contribution in [3.05, 3.63) is 64.1 Å². The zero-order chi connectivity index (χ0) is 17.1. The number of hydrogen-bond donors (Lipinski definition) is 1. The van der Waals surface area contributed by atoms with Gasteiger partial charge in [-0.3, -0.25) is 9.36 Å². The van der Waals surface area contributed by atoms with Crippen LogP contribution in [0, 0.1) is 0 Å². The SMILES string of the molecule is COc1ccccc1CCNC(=O)c1ccc2c(c1)oc(=O)n2C. The van der Waals surface area contributed by atoms with E-state index in [2.05, 4.69) is 5.32 Å². The van der Waals surface area contributed by atoms with Crippen LogP contribution in [-0.4, -0.2) is 24.1 Å². The minimum atomic E-state index is -0.446. The van der Waals surface area contributed by atoms with Crippen LogP contribution in [-0.2, 0) is 13.5 Å². The molecule has 24 heavy (non-hydrogen) atoms. The number of rotatable bonds is 5. The van der Waals surface area contributed by atoms with Crippen LogP contribution in [0.4, 0.5) is 0 Å². The van der Waals surface area contributed by atoms with Gasteiger partial charge < -0.3 is 14.5 Å². The van der Waals surface area contributed by atoms with Gasteiger partial charge in [0, 0.05) is 19.2 Å². The van der Waals surface area contributed by atoms with Gasteiger partial charge in [0.05, 0.1) is 12.6 Å². The van der Waals surface area contributed by atoms with Crippen molar-refractivity contribution in [3.63, 3.8) is 0 Å². The van der Waals surface area contributed by atoms with Crippen molar-refractivity contribution < 1.29 is 13.9 Å². The zero-order valence-electron chi connectivity index (χ0n) is 13.5. The van der Waals surface area contributed by atoms with Gasteiger partial charge in [-0.15, -0.1) is 0 Å². The third kappa shape index (κ3) is 3.03. The highest BCUT2D eigenvalue weighted by molar-refractivity contribution is 5.97. The van der Waals surface area contributed by atoms with Crippen molar-refractivity contribution in [1.82, 2.24) is 9.88 Å². The van der Waals surface area contributed by atoms with Crippen LogP contribution >= 0.6 is 0 Å². The average Bonchev–Trinajstić information content (AvgIpc) is 2.89. The van der Waals surface area contributed by atoms with Gasteiger partial charge in [0.25, 0.3) is 5.91 Å². The fourth-order valence-corrected chi connectivity index (χ4v) is 2.60. The normalized spacial score (nSPS) is 10.8. The van der Waals surface area contributed by atoms with Gasteiger partial charge in [0.1, 0.15) is 5.75 Å². The van der Waals surface area contributed by atoms with Gasteiger partial charge in [0.2, 0.25) is 0 Å². The zero-order valence-corrected chi connectivity index (χ0v) is 13.5. The van der Waals surface area contributed by atoms with Crippen LogP contribution in [0.15, 0.2) is 51.7 Å². The maximum Gasteiger partial charge on any atom is 0.419 e. The maximum atomic E-state index is 12.3. The summed E-state index contributed by atoms with van der Waals surface area (Å²) in [5, 5.41) is 2.86. The summed E-state index contributed by atoms with van der Waals surface area (Å²) >= 11 is 0. The molecule has 0 spiro atoms. The van der Waals surface area contributed by atoms with Crippen molar-refractivity contribution in [1.29, 1.82) is 0 Å². The number of carbonyl (C=O) groups excluding carboxylic acids is 1. The topological polar surface area (TPSA) is 73.5 Å². The summed E-state index contributed by atoms with van der Waals surface area (Å²) in [5.74, 6) is 0.149. The first-order valence-electron chi connectivity index (χ1n) is 7.60. The molecule has 124 valence electrons. The fourth-order valence-electron chi connectivity index (χ4n) is 2.60. The number of nitrogens with zero attached hydrogens (tertiary/aromatic N) is 1. The molecule has 1 amide bonds. The third-order valence-corrected chi connectivity index (χ3v) is 3.93. The monoisotopic (exact) mass is 326 g/mol. The number of para-hydroxylation sites is 1. The molecule has 0 aliphatic heterocycles. The Hall–Kier alpha value is -3.02. The lowest BCUT2D eigenvalue weighted by Crippen LogP contribution is -2.25. The van der Waals surface area contributed by atoms with Gasteiger partial charge in [-0.2, -0.15) is 0 Å². The van der Waals surface area contributed by atoms with Crippen LogP contribution in [0.1, 0.15) is 15.9 Å². The van der Waals surface area contributed by atoms with E-state index in [9.17, 15) is 9.59 Å². The van der Waals surface area contributed by atoms with E-state index in [-0.39, 0.29) is 5.91 Å². The van der Waals surface area contributed by atoms with Crippen molar-refractivity contribution in [2.45, 2.75) is 6.42 Å². The molecule has 6 heteroatoms. The number of aromatic nitrogens is 1. The molecule has 1 N–H and O–H groups in total. The second-order valence-electron chi connectivity index (χ2n) is 5.43. The Morgan fingerprint density at radius 2 is 2.04 bits per heavy atom. The molecule has 0 aliphatic carbocycles. The molecule has 0 radical (unpaired) electrons. The van der Waals surface area contributed by atoms with Crippen LogP contribution in [0.25, 0.3) is 11.1 Å². The molecule has 0 aliphatic rings. The quantitative estimate of drug-likeness (QED) is 0.779. The lowest BCUT2D eigenvalue weighted by Gasteiger charge is -2.09. The molecule has 0 fully saturated rings.